The molecule has 0 amide bonds. The molecule has 0 radical (unpaired) electrons. The quantitative estimate of drug-likeness (QED) is 0.676. The first kappa shape index (κ1) is 17.8. The Balaban J connectivity index is 1.48. The van der Waals surface area contributed by atoms with Gasteiger partial charge in [-0.05, 0) is 37.3 Å². The third-order valence-electron chi connectivity index (χ3n) is 4.79. The average molecular weight is 386 g/mol. The molecular weight excluding hydrogens is 367 g/mol. The Hall–Kier alpha value is -2.58. The van der Waals surface area contributed by atoms with E-state index in [0.29, 0.717) is 19.6 Å². The van der Waals surface area contributed by atoms with Crippen molar-refractivity contribution in [2.75, 3.05) is 13.1 Å². The molecule has 1 fully saturated rings. The number of benzene rings is 1. The number of aromatic nitrogens is 3. The molecule has 2 aromatic heterocycles. The van der Waals surface area contributed by atoms with Gasteiger partial charge >= 0.3 is 0 Å². The second kappa shape index (κ2) is 6.86. The van der Waals surface area contributed by atoms with Gasteiger partial charge < -0.3 is 4.57 Å². The molecule has 0 unspecified atom stereocenters. The molecule has 0 saturated carbocycles. The fourth-order valence-corrected chi connectivity index (χ4v) is 4.92. The molecule has 1 aliphatic heterocycles. The zero-order valence-electron chi connectivity index (χ0n) is 14.8. The maximum Gasteiger partial charge on any atom is 0.243 e. The topological polar surface area (TPSA) is 68.1 Å². The molecule has 0 spiro atoms. The van der Waals surface area contributed by atoms with Crippen molar-refractivity contribution in [2.45, 2.75) is 18.4 Å². The van der Waals surface area contributed by atoms with Crippen LogP contribution in [0.25, 0.3) is 11.4 Å². The normalized spacial score (nSPS) is 15.6. The van der Waals surface area contributed by atoms with Crippen LogP contribution in [0.2, 0.25) is 0 Å². The number of hydrogen-bond donors (Lipinski definition) is 0. The summed E-state index contributed by atoms with van der Waals surface area (Å²) in [5.74, 6) is 0.479. The third kappa shape index (κ3) is 3.38. The van der Waals surface area contributed by atoms with E-state index in [2.05, 4.69) is 14.5 Å². The van der Waals surface area contributed by atoms with Crippen molar-refractivity contribution < 1.29 is 12.8 Å². The summed E-state index contributed by atoms with van der Waals surface area (Å²) in [7, 11) is -3.65. The molecule has 140 valence electrons. The smallest absolute Gasteiger partial charge is 0.243 e. The lowest BCUT2D eigenvalue weighted by molar-refractivity contribution is 0.179. The van der Waals surface area contributed by atoms with Gasteiger partial charge in [0.2, 0.25) is 10.0 Å². The Morgan fingerprint density at radius 3 is 2.63 bits per heavy atom. The summed E-state index contributed by atoms with van der Waals surface area (Å²) >= 11 is 0. The Morgan fingerprint density at radius 2 is 1.93 bits per heavy atom. The second-order valence-electron chi connectivity index (χ2n) is 6.72. The van der Waals surface area contributed by atoms with E-state index in [1.54, 1.807) is 12.4 Å². The van der Waals surface area contributed by atoms with Gasteiger partial charge in [-0.3, -0.25) is 4.98 Å². The first-order valence-corrected chi connectivity index (χ1v) is 10.1. The first-order valence-electron chi connectivity index (χ1n) is 8.63. The van der Waals surface area contributed by atoms with E-state index in [-0.39, 0.29) is 10.8 Å². The summed E-state index contributed by atoms with van der Waals surface area (Å²) in [4.78, 5) is 8.51. The molecule has 4 rings (SSSR count). The lowest BCUT2D eigenvalue weighted by Gasteiger charge is -2.38. The van der Waals surface area contributed by atoms with Crippen molar-refractivity contribution in [2.24, 2.45) is 5.92 Å². The van der Waals surface area contributed by atoms with E-state index < -0.39 is 15.8 Å². The Morgan fingerprint density at radius 1 is 1.19 bits per heavy atom. The lowest BCUT2D eigenvalue weighted by Crippen LogP contribution is -2.51. The second-order valence-corrected chi connectivity index (χ2v) is 8.65. The van der Waals surface area contributed by atoms with Gasteiger partial charge in [0.15, 0.2) is 0 Å². The summed E-state index contributed by atoms with van der Waals surface area (Å²) in [5, 5.41) is 0. The van der Waals surface area contributed by atoms with Crippen LogP contribution in [0.15, 0.2) is 59.9 Å². The number of sulfonamides is 1. The largest absolute Gasteiger partial charge is 0.328 e. The first-order chi connectivity index (χ1) is 12.9. The molecule has 8 heteroatoms. The number of rotatable bonds is 5. The molecule has 1 saturated heterocycles. The molecule has 0 atom stereocenters. The summed E-state index contributed by atoms with van der Waals surface area (Å²) in [6.07, 6.45) is 5.26. The Bertz CT molecular complexity index is 1060. The summed E-state index contributed by atoms with van der Waals surface area (Å²) in [6, 6.07) is 8.94. The number of hydrogen-bond acceptors (Lipinski definition) is 4. The molecule has 0 N–H and O–H groups in total. The van der Waals surface area contributed by atoms with Gasteiger partial charge in [-0.15, -0.1) is 0 Å². The highest BCUT2D eigenvalue weighted by atomic mass is 32.2. The van der Waals surface area contributed by atoms with Crippen LogP contribution in [0.4, 0.5) is 4.39 Å². The molecular formula is C19H19FN4O2S. The van der Waals surface area contributed by atoms with Crippen molar-refractivity contribution in [3.8, 4) is 11.4 Å². The van der Waals surface area contributed by atoms with Crippen LogP contribution in [0, 0.1) is 18.7 Å². The lowest BCUT2D eigenvalue weighted by atomic mass is 10.0. The van der Waals surface area contributed by atoms with Gasteiger partial charge in [-0.2, -0.15) is 4.31 Å². The molecule has 1 aromatic carbocycles. The molecule has 6 nitrogen and oxygen atoms in total. The van der Waals surface area contributed by atoms with Crippen LogP contribution in [-0.4, -0.2) is 40.3 Å². The molecule has 0 bridgehead atoms. The highest BCUT2D eigenvalue weighted by molar-refractivity contribution is 7.89. The number of pyridine rings is 1. The minimum absolute atomic E-state index is 0.00256. The number of halogens is 1. The van der Waals surface area contributed by atoms with Crippen molar-refractivity contribution in [1.29, 1.82) is 0 Å². The highest BCUT2D eigenvalue weighted by Crippen LogP contribution is 2.28. The van der Waals surface area contributed by atoms with Gasteiger partial charge in [0.1, 0.15) is 11.6 Å². The third-order valence-corrected chi connectivity index (χ3v) is 6.62. The zero-order chi connectivity index (χ0) is 19.0. The Labute approximate surface area is 157 Å². The van der Waals surface area contributed by atoms with Crippen LogP contribution in [0.5, 0.6) is 0 Å². The monoisotopic (exact) mass is 386 g/mol. The van der Waals surface area contributed by atoms with Gasteiger partial charge in [-0.1, -0.05) is 6.07 Å². The van der Waals surface area contributed by atoms with E-state index in [0.717, 1.165) is 23.1 Å². The minimum Gasteiger partial charge on any atom is -0.328 e. The van der Waals surface area contributed by atoms with E-state index >= 15 is 0 Å². The number of imidazole rings is 1. The summed E-state index contributed by atoms with van der Waals surface area (Å²) in [5.41, 5.74) is 2.00. The van der Waals surface area contributed by atoms with Crippen LogP contribution in [0.3, 0.4) is 0 Å². The molecule has 3 aromatic rings. The van der Waals surface area contributed by atoms with Crippen molar-refractivity contribution in [3.05, 3.63) is 66.5 Å². The van der Waals surface area contributed by atoms with Crippen LogP contribution >= 0.6 is 0 Å². The van der Waals surface area contributed by atoms with Gasteiger partial charge in [0, 0.05) is 55.4 Å². The fourth-order valence-electron chi connectivity index (χ4n) is 3.29. The average Bonchev–Trinajstić information content (AvgIpc) is 2.99. The maximum atomic E-state index is 13.4. The van der Waals surface area contributed by atoms with Crippen LogP contribution in [-0.2, 0) is 16.6 Å². The SMILES string of the molecule is Cc1cnc(-c2ccncc2)n1CC1CN(S(=O)(=O)c2cccc(F)c2)C1. The van der Waals surface area contributed by atoms with Crippen molar-refractivity contribution in [3.63, 3.8) is 0 Å². The van der Waals surface area contributed by atoms with Gasteiger partial charge in [0.05, 0.1) is 4.90 Å². The van der Waals surface area contributed by atoms with Gasteiger partial charge in [-0.25, -0.2) is 17.8 Å². The van der Waals surface area contributed by atoms with Crippen LogP contribution < -0.4 is 0 Å². The summed E-state index contributed by atoms with van der Waals surface area (Å²) < 4.78 is 42.1. The van der Waals surface area contributed by atoms with E-state index in [4.69, 9.17) is 0 Å². The molecule has 27 heavy (non-hydrogen) atoms. The van der Waals surface area contributed by atoms with E-state index in [1.807, 2.05) is 25.3 Å². The van der Waals surface area contributed by atoms with E-state index in [1.165, 1.54) is 22.5 Å². The molecule has 3 heterocycles. The van der Waals surface area contributed by atoms with Crippen LogP contribution in [0.1, 0.15) is 5.69 Å². The number of nitrogens with zero attached hydrogens (tertiary/aromatic N) is 4. The Kier molecular flexibility index (Phi) is 4.53. The van der Waals surface area contributed by atoms with Crippen molar-refractivity contribution >= 4 is 10.0 Å². The molecule has 0 aliphatic carbocycles. The van der Waals surface area contributed by atoms with Gasteiger partial charge in [0.25, 0.3) is 0 Å². The van der Waals surface area contributed by atoms with Crippen molar-refractivity contribution in [1.82, 2.24) is 18.8 Å². The number of aryl methyl sites for hydroxylation is 1. The standard InChI is InChI=1S/C19H19FN4O2S/c1-14-10-22-19(16-5-7-21-8-6-16)24(14)13-15-11-23(12-15)27(25,26)18-4-2-3-17(20)9-18/h2-10,15H,11-13H2,1H3. The highest BCUT2D eigenvalue weighted by Gasteiger charge is 2.37. The zero-order valence-corrected chi connectivity index (χ0v) is 15.6. The van der Waals surface area contributed by atoms with E-state index in [9.17, 15) is 12.8 Å². The predicted molar refractivity (Wildman–Crippen MR) is 98.8 cm³/mol. The minimum atomic E-state index is -3.65. The fraction of sp³-hybridized carbons (Fsp3) is 0.263. The summed E-state index contributed by atoms with van der Waals surface area (Å²) in [6.45, 7) is 3.48. The maximum absolute atomic E-state index is 13.4. The predicted octanol–water partition coefficient (Wildman–Crippen LogP) is 2.71. The molecule has 1 aliphatic rings.